The zero-order valence-corrected chi connectivity index (χ0v) is 19.0. The SMILES string of the molecule is O=C(NCc1ccncc1)c1c[nH]c2ccc(-c3ccc4nc(NC(=O)C5CC5)sc4c3)cc12. The third kappa shape index (κ3) is 4.04. The van der Waals surface area contributed by atoms with Crippen LogP contribution in [0.25, 0.3) is 32.2 Å². The first kappa shape index (κ1) is 20.6. The van der Waals surface area contributed by atoms with E-state index >= 15 is 0 Å². The molecule has 6 rings (SSSR count). The number of hydrogen-bond donors (Lipinski definition) is 3. The van der Waals surface area contributed by atoms with Crippen LogP contribution in [0.2, 0.25) is 0 Å². The number of aromatic amines is 1. The van der Waals surface area contributed by atoms with Crippen LogP contribution in [-0.4, -0.2) is 26.8 Å². The average molecular weight is 468 g/mol. The lowest BCUT2D eigenvalue weighted by molar-refractivity contribution is -0.117. The van der Waals surface area contributed by atoms with Crippen molar-refractivity contribution in [3.05, 3.63) is 78.2 Å². The maximum atomic E-state index is 12.9. The van der Waals surface area contributed by atoms with Gasteiger partial charge in [-0.15, -0.1) is 0 Å². The molecule has 0 bridgehead atoms. The largest absolute Gasteiger partial charge is 0.360 e. The van der Waals surface area contributed by atoms with Gasteiger partial charge in [0, 0.05) is 42.0 Å². The van der Waals surface area contributed by atoms with E-state index in [0.29, 0.717) is 17.2 Å². The van der Waals surface area contributed by atoms with Gasteiger partial charge in [0.2, 0.25) is 5.91 Å². The van der Waals surface area contributed by atoms with Crippen molar-refractivity contribution in [1.82, 2.24) is 20.3 Å². The van der Waals surface area contributed by atoms with Crippen LogP contribution in [0.15, 0.2) is 67.1 Å². The van der Waals surface area contributed by atoms with Crippen molar-refractivity contribution in [3.63, 3.8) is 0 Å². The van der Waals surface area contributed by atoms with Gasteiger partial charge in [-0.2, -0.15) is 0 Å². The Morgan fingerprint density at radius 1 is 1.03 bits per heavy atom. The number of aromatic nitrogens is 3. The maximum absolute atomic E-state index is 12.9. The van der Waals surface area contributed by atoms with Gasteiger partial charge >= 0.3 is 0 Å². The molecule has 7 nitrogen and oxygen atoms in total. The number of H-pyrrole nitrogens is 1. The number of pyridine rings is 1. The molecule has 1 fully saturated rings. The number of thiazole rings is 1. The van der Waals surface area contributed by atoms with Gasteiger partial charge in [0.1, 0.15) is 0 Å². The highest BCUT2D eigenvalue weighted by Crippen LogP contribution is 2.34. The minimum absolute atomic E-state index is 0.0620. The number of anilines is 1. The fourth-order valence-electron chi connectivity index (χ4n) is 3.98. The molecule has 0 saturated heterocycles. The van der Waals surface area contributed by atoms with Crippen LogP contribution in [0.4, 0.5) is 5.13 Å². The van der Waals surface area contributed by atoms with Crippen LogP contribution < -0.4 is 10.6 Å². The van der Waals surface area contributed by atoms with Crippen molar-refractivity contribution < 1.29 is 9.59 Å². The second kappa shape index (κ2) is 8.39. The summed E-state index contributed by atoms with van der Waals surface area (Å²) in [6, 6.07) is 15.9. The lowest BCUT2D eigenvalue weighted by Crippen LogP contribution is -2.22. The van der Waals surface area contributed by atoms with E-state index in [1.54, 1.807) is 18.6 Å². The highest BCUT2D eigenvalue weighted by atomic mass is 32.1. The van der Waals surface area contributed by atoms with Crippen LogP contribution in [0.1, 0.15) is 28.8 Å². The molecule has 1 saturated carbocycles. The van der Waals surface area contributed by atoms with E-state index < -0.39 is 0 Å². The molecule has 0 atom stereocenters. The Bertz CT molecular complexity index is 1540. The van der Waals surface area contributed by atoms with E-state index in [4.69, 9.17) is 0 Å². The monoisotopic (exact) mass is 467 g/mol. The molecule has 1 aliphatic carbocycles. The molecule has 0 unspecified atom stereocenters. The van der Waals surface area contributed by atoms with Gasteiger partial charge in [-0.3, -0.25) is 14.6 Å². The van der Waals surface area contributed by atoms with Gasteiger partial charge < -0.3 is 15.6 Å². The number of fused-ring (bicyclic) bond motifs is 2. The molecule has 168 valence electrons. The second-order valence-electron chi connectivity index (χ2n) is 8.47. The van der Waals surface area contributed by atoms with E-state index in [2.05, 4.69) is 31.7 Å². The second-order valence-corrected chi connectivity index (χ2v) is 9.50. The summed E-state index contributed by atoms with van der Waals surface area (Å²) in [5, 5.41) is 7.42. The summed E-state index contributed by atoms with van der Waals surface area (Å²) in [7, 11) is 0. The van der Waals surface area contributed by atoms with Crippen molar-refractivity contribution >= 4 is 49.4 Å². The maximum Gasteiger partial charge on any atom is 0.253 e. The lowest BCUT2D eigenvalue weighted by atomic mass is 10.0. The van der Waals surface area contributed by atoms with E-state index in [-0.39, 0.29) is 17.7 Å². The highest BCUT2D eigenvalue weighted by Gasteiger charge is 2.30. The van der Waals surface area contributed by atoms with Crippen LogP contribution in [-0.2, 0) is 11.3 Å². The zero-order chi connectivity index (χ0) is 23.1. The Balaban J connectivity index is 1.26. The number of carbonyl (C=O) groups excluding carboxylic acids is 2. The summed E-state index contributed by atoms with van der Waals surface area (Å²) in [6.45, 7) is 0.440. The summed E-state index contributed by atoms with van der Waals surface area (Å²) in [5.41, 5.74) is 5.40. The molecule has 0 spiro atoms. The highest BCUT2D eigenvalue weighted by molar-refractivity contribution is 7.22. The van der Waals surface area contributed by atoms with Crippen LogP contribution in [0, 0.1) is 5.92 Å². The van der Waals surface area contributed by atoms with Crippen LogP contribution in [0.5, 0.6) is 0 Å². The van der Waals surface area contributed by atoms with Gasteiger partial charge in [-0.05, 0) is 65.9 Å². The lowest BCUT2D eigenvalue weighted by Gasteiger charge is -2.06. The number of nitrogens with one attached hydrogen (secondary N) is 3. The number of carbonyl (C=O) groups is 2. The van der Waals surface area contributed by atoms with Crippen LogP contribution >= 0.6 is 11.3 Å². The Morgan fingerprint density at radius 3 is 2.65 bits per heavy atom. The smallest absolute Gasteiger partial charge is 0.253 e. The molecule has 34 heavy (non-hydrogen) atoms. The zero-order valence-electron chi connectivity index (χ0n) is 18.2. The predicted molar refractivity (Wildman–Crippen MR) is 134 cm³/mol. The minimum Gasteiger partial charge on any atom is -0.360 e. The predicted octanol–water partition coefficient (Wildman–Crippen LogP) is 5.12. The molecular formula is C26H21N5O2S. The van der Waals surface area contributed by atoms with E-state index in [1.807, 2.05) is 42.5 Å². The minimum atomic E-state index is -0.130. The molecule has 1 aliphatic rings. The normalized spacial score (nSPS) is 13.3. The quantitative estimate of drug-likeness (QED) is 0.323. The van der Waals surface area contributed by atoms with Crippen molar-refractivity contribution in [1.29, 1.82) is 0 Å². The first-order valence-corrected chi connectivity index (χ1v) is 12.0. The van der Waals surface area contributed by atoms with E-state index in [0.717, 1.165) is 50.7 Å². The summed E-state index contributed by atoms with van der Waals surface area (Å²) >= 11 is 1.48. The summed E-state index contributed by atoms with van der Waals surface area (Å²) in [6.07, 6.45) is 7.10. The molecule has 3 heterocycles. The fourth-order valence-corrected chi connectivity index (χ4v) is 4.88. The Labute approximate surface area is 199 Å². The number of nitrogens with zero attached hydrogens (tertiary/aromatic N) is 2. The molecule has 5 aromatic rings. The Hall–Kier alpha value is -4.04. The van der Waals surface area contributed by atoms with Crippen molar-refractivity contribution in [2.75, 3.05) is 5.32 Å². The van der Waals surface area contributed by atoms with E-state index in [1.165, 1.54) is 11.3 Å². The number of rotatable bonds is 6. The molecule has 2 amide bonds. The van der Waals surface area contributed by atoms with Gasteiger partial charge in [0.15, 0.2) is 5.13 Å². The van der Waals surface area contributed by atoms with Crippen molar-refractivity contribution in [2.24, 2.45) is 5.92 Å². The summed E-state index contributed by atoms with van der Waals surface area (Å²) < 4.78 is 1.01. The van der Waals surface area contributed by atoms with Crippen molar-refractivity contribution in [2.45, 2.75) is 19.4 Å². The van der Waals surface area contributed by atoms with Crippen molar-refractivity contribution in [3.8, 4) is 11.1 Å². The van der Waals surface area contributed by atoms with Gasteiger partial charge in [0.05, 0.1) is 15.8 Å². The molecule has 8 heteroatoms. The first-order chi connectivity index (χ1) is 16.6. The number of hydrogen-bond acceptors (Lipinski definition) is 5. The fraction of sp³-hybridized carbons (Fsp3) is 0.154. The molecule has 0 radical (unpaired) electrons. The standard InChI is InChI=1S/C26H21N5O2S/c32-24(16-1-2-16)31-26-30-22-6-4-18(12-23(22)34-26)17-3-5-21-19(11-17)20(14-28-21)25(33)29-13-15-7-9-27-10-8-15/h3-12,14,16,28H,1-2,13H2,(H,29,33)(H,30,31,32). The number of benzene rings is 2. The Morgan fingerprint density at radius 2 is 1.82 bits per heavy atom. The molecular weight excluding hydrogens is 446 g/mol. The topological polar surface area (TPSA) is 99.8 Å². The number of amides is 2. The van der Waals surface area contributed by atoms with Gasteiger partial charge in [-0.25, -0.2) is 4.98 Å². The molecule has 0 aliphatic heterocycles. The van der Waals surface area contributed by atoms with Gasteiger partial charge in [0.25, 0.3) is 5.91 Å². The summed E-state index contributed by atoms with van der Waals surface area (Å²) in [5.74, 6) is 0.0767. The Kier molecular flexibility index (Phi) is 5.07. The molecule has 2 aromatic carbocycles. The first-order valence-electron chi connectivity index (χ1n) is 11.1. The van der Waals surface area contributed by atoms with Gasteiger partial charge in [-0.1, -0.05) is 23.5 Å². The average Bonchev–Trinajstić information content (AvgIpc) is 3.51. The summed E-state index contributed by atoms with van der Waals surface area (Å²) in [4.78, 5) is 36.7. The third-order valence-electron chi connectivity index (χ3n) is 6.03. The third-order valence-corrected chi connectivity index (χ3v) is 6.96. The molecule has 3 N–H and O–H groups in total. The van der Waals surface area contributed by atoms with E-state index in [9.17, 15) is 9.59 Å². The molecule has 3 aromatic heterocycles. The van der Waals surface area contributed by atoms with Crippen LogP contribution in [0.3, 0.4) is 0 Å².